The maximum absolute atomic E-state index is 3.70. The molecule has 1 fully saturated rings. The Labute approximate surface area is 121 Å². The molecule has 0 spiro atoms. The van der Waals surface area contributed by atoms with Gasteiger partial charge < -0.3 is 10.2 Å². The Morgan fingerprint density at radius 3 is 2.26 bits per heavy atom. The van der Waals surface area contributed by atoms with E-state index in [1.54, 1.807) is 0 Å². The third-order valence-electron chi connectivity index (χ3n) is 4.87. The zero-order valence-corrected chi connectivity index (χ0v) is 14.2. The molecule has 19 heavy (non-hydrogen) atoms. The quantitative estimate of drug-likeness (QED) is 0.721. The molecule has 2 heteroatoms. The van der Waals surface area contributed by atoms with E-state index >= 15 is 0 Å². The predicted molar refractivity (Wildman–Crippen MR) is 85.6 cm³/mol. The van der Waals surface area contributed by atoms with Crippen LogP contribution in [-0.2, 0) is 0 Å². The molecule has 1 heterocycles. The minimum absolute atomic E-state index is 0.468. The summed E-state index contributed by atoms with van der Waals surface area (Å²) in [6.45, 7) is 20.3. The van der Waals surface area contributed by atoms with Crippen molar-refractivity contribution in [2.45, 2.75) is 60.8 Å². The van der Waals surface area contributed by atoms with Crippen molar-refractivity contribution in [2.75, 3.05) is 32.7 Å². The summed E-state index contributed by atoms with van der Waals surface area (Å²) in [5.41, 5.74) is 0.994. The predicted octanol–water partition coefficient (Wildman–Crippen LogP) is 3.77. The van der Waals surface area contributed by atoms with Gasteiger partial charge in [-0.15, -0.1) is 0 Å². The minimum Gasteiger partial charge on any atom is -0.316 e. The second-order valence-electron chi connectivity index (χ2n) is 7.86. The highest BCUT2D eigenvalue weighted by Gasteiger charge is 2.35. The van der Waals surface area contributed by atoms with Crippen LogP contribution < -0.4 is 5.32 Å². The molecule has 1 rings (SSSR count). The number of nitrogens with one attached hydrogen (secondary N) is 1. The lowest BCUT2D eigenvalue weighted by Gasteiger charge is -2.36. The van der Waals surface area contributed by atoms with Gasteiger partial charge in [0.05, 0.1) is 0 Å². The number of rotatable bonds is 8. The van der Waals surface area contributed by atoms with Crippen LogP contribution in [0.2, 0.25) is 0 Å². The van der Waals surface area contributed by atoms with Crippen molar-refractivity contribution in [3.8, 4) is 0 Å². The molecule has 1 N–H and O–H groups in total. The van der Waals surface area contributed by atoms with Crippen LogP contribution in [0.5, 0.6) is 0 Å². The molecule has 0 saturated carbocycles. The normalized spacial score (nSPS) is 20.4. The van der Waals surface area contributed by atoms with Crippen LogP contribution >= 0.6 is 0 Å². The zero-order valence-electron chi connectivity index (χ0n) is 14.2. The van der Waals surface area contributed by atoms with Gasteiger partial charge in [0.2, 0.25) is 0 Å². The van der Waals surface area contributed by atoms with Gasteiger partial charge in [-0.3, -0.25) is 0 Å². The second-order valence-corrected chi connectivity index (χ2v) is 7.86. The second kappa shape index (κ2) is 7.08. The number of nitrogens with zero attached hydrogens (tertiary/aromatic N) is 1. The molecule has 0 unspecified atom stereocenters. The molecule has 0 amide bonds. The van der Waals surface area contributed by atoms with Crippen LogP contribution in [0.1, 0.15) is 60.8 Å². The summed E-state index contributed by atoms with van der Waals surface area (Å²) in [5.74, 6) is 0.747. The van der Waals surface area contributed by atoms with Gasteiger partial charge in [-0.1, -0.05) is 41.5 Å². The maximum Gasteiger partial charge on any atom is 0.00502 e. The van der Waals surface area contributed by atoms with Crippen molar-refractivity contribution in [3.05, 3.63) is 0 Å². The standard InChI is InChI=1S/C17H36N2/c1-7-17(8-2,12-18-11-15(3)4)14-19-10-9-16(5,6)13-19/h15,18H,7-14H2,1-6H3. The minimum atomic E-state index is 0.468. The highest BCUT2D eigenvalue weighted by Crippen LogP contribution is 2.34. The lowest BCUT2D eigenvalue weighted by molar-refractivity contribution is 0.144. The summed E-state index contributed by atoms with van der Waals surface area (Å²) >= 11 is 0. The third-order valence-corrected chi connectivity index (χ3v) is 4.87. The first kappa shape index (κ1) is 17.0. The van der Waals surface area contributed by atoms with Crippen LogP contribution in [0, 0.1) is 16.7 Å². The van der Waals surface area contributed by atoms with Gasteiger partial charge in [0.15, 0.2) is 0 Å². The fourth-order valence-electron chi connectivity index (χ4n) is 3.24. The topological polar surface area (TPSA) is 15.3 Å². The van der Waals surface area contributed by atoms with E-state index in [2.05, 4.69) is 51.8 Å². The van der Waals surface area contributed by atoms with Gasteiger partial charge >= 0.3 is 0 Å². The maximum atomic E-state index is 3.70. The van der Waals surface area contributed by atoms with Crippen molar-refractivity contribution >= 4 is 0 Å². The fraction of sp³-hybridized carbons (Fsp3) is 1.00. The van der Waals surface area contributed by atoms with Gasteiger partial charge in [-0.05, 0) is 49.1 Å². The van der Waals surface area contributed by atoms with Crippen LogP contribution in [-0.4, -0.2) is 37.6 Å². The average molecular weight is 268 g/mol. The van der Waals surface area contributed by atoms with Gasteiger partial charge in [0.1, 0.15) is 0 Å². The lowest BCUT2D eigenvalue weighted by Crippen LogP contribution is -2.44. The van der Waals surface area contributed by atoms with Crippen molar-refractivity contribution < 1.29 is 0 Å². The molecule has 1 aliphatic heterocycles. The van der Waals surface area contributed by atoms with E-state index in [0.29, 0.717) is 10.8 Å². The van der Waals surface area contributed by atoms with E-state index in [9.17, 15) is 0 Å². The molecule has 0 radical (unpaired) electrons. The van der Waals surface area contributed by atoms with Gasteiger partial charge in [0.25, 0.3) is 0 Å². The molecule has 0 aromatic carbocycles. The van der Waals surface area contributed by atoms with Gasteiger partial charge in [-0.2, -0.15) is 0 Å². The molecule has 0 aromatic rings. The Morgan fingerprint density at radius 2 is 1.84 bits per heavy atom. The van der Waals surface area contributed by atoms with Crippen molar-refractivity contribution in [1.82, 2.24) is 10.2 Å². The number of hydrogen-bond acceptors (Lipinski definition) is 2. The molecular formula is C17H36N2. The zero-order chi connectivity index (χ0) is 14.5. The number of hydrogen-bond donors (Lipinski definition) is 1. The van der Waals surface area contributed by atoms with Crippen LogP contribution in [0.3, 0.4) is 0 Å². The summed E-state index contributed by atoms with van der Waals surface area (Å²) in [6.07, 6.45) is 3.92. The molecule has 1 saturated heterocycles. The Balaban J connectivity index is 2.51. The van der Waals surface area contributed by atoms with E-state index in [1.165, 1.54) is 45.4 Å². The van der Waals surface area contributed by atoms with Crippen molar-refractivity contribution in [1.29, 1.82) is 0 Å². The molecule has 1 aliphatic rings. The van der Waals surface area contributed by atoms with Crippen molar-refractivity contribution in [3.63, 3.8) is 0 Å². The third kappa shape index (κ3) is 5.43. The molecule has 0 aromatic heterocycles. The fourth-order valence-corrected chi connectivity index (χ4v) is 3.24. The number of likely N-dealkylation sites (tertiary alicyclic amines) is 1. The summed E-state index contributed by atoms with van der Waals surface area (Å²) in [4.78, 5) is 2.70. The average Bonchev–Trinajstić information content (AvgIpc) is 2.67. The van der Waals surface area contributed by atoms with E-state index in [1.807, 2.05) is 0 Å². The van der Waals surface area contributed by atoms with Crippen molar-refractivity contribution in [2.24, 2.45) is 16.7 Å². The summed E-state index contributed by atoms with van der Waals surface area (Å²) in [5, 5.41) is 3.70. The summed E-state index contributed by atoms with van der Waals surface area (Å²) in [7, 11) is 0. The van der Waals surface area contributed by atoms with Gasteiger partial charge in [-0.25, -0.2) is 0 Å². The SMILES string of the molecule is CCC(CC)(CNCC(C)C)CN1CCC(C)(C)C1. The molecular weight excluding hydrogens is 232 g/mol. The summed E-state index contributed by atoms with van der Waals surface area (Å²) < 4.78 is 0. The van der Waals surface area contributed by atoms with Crippen LogP contribution in [0.4, 0.5) is 0 Å². The molecule has 2 nitrogen and oxygen atoms in total. The molecule has 0 aliphatic carbocycles. The van der Waals surface area contributed by atoms with E-state index in [4.69, 9.17) is 0 Å². The Hall–Kier alpha value is -0.0800. The molecule has 0 bridgehead atoms. The lowest BCUT2D eigenvalue weighted by atomic mass is 9.81. The first-order valence-corrected chi connectivity index (χ1v) is 8.25. The largest absolute Gasteiger partial charge is 0.316 e. The van der Waals surface area contributed by atoms with E-state index in [-0.39, 0.29) is 0 Å². The Bertz CT molecular complexity index is 254. The monoisotopic (exact) mass is 268 g/mol. The highest BCUT2D eigenvalue weighted by atomic mass is 15.2. The Kier molecular flexibility index (Phi) is 6.32. The van der Waals surface area contributed by atoms with Gasteiger partial charge in [0, 0.05) is 19.6 Å². The molecule has 114 valence electrons. The van der Waals surface area contributed by atoms with E-state index in [0.717, 1.165) is 12.5 Å². The first-order valence-electron chi connectivity index (χ1n) is 8.25. The van der Waals surface area contributed by atoms with Crippen LogP contribution in [0.25, 0.3) is 0 Å². The Morgan fingerprint density at radius 1 is 1.21 bits per heavy atom. The molecule has 0 atom stereocenters. The first-order chi connectivity index (χ1) is 8.82. The summed E-state index contributed by atoms with van der Waals surface area (Å²) in [6, 6.07) is 0. The highest BCUT2D eigenvalue weighted by molar-refractivity contribution is 4.89. The van der Waals surface area contributed by atoms with E-state index < -0.39 is 0 Å². The van der Waals surface area contributed by atoms with Crippen LogP contribution in [0.15, 0.2) is 0 Å². The smallest absolute Gasteiger partial charge is 0.00502 e.